The number of carbonyl (C=O) groups is 1. The molecule has 0 saturated heterocycles. The van der Waals surface area contributed by atoms with E-state index in [4.69, 9.17) is 16.3 Å². The smallest absolute Gasteiger partial charge is 0.323 e. The zero-order chi connectivity index (χ0) is 16.3. The molecule has 4 nitrogen and oxygen atoms in total. The lowest BCUT2D eigenvalue weighted by molar-refractivity contribution is 0.262. The van der Waals surface area contributed by atoms with Gasteiger partial charge >= 0.3 is 6.03 Å². The first-order valence-corrected chi connectivity index (χ1v) is 7.28. The number of anilines is 2. The number of hydrogen-bond donors (Lipinski definition) is 2. The minimum absolute atomic E-state index is 0.322. The van der Waals surface area contributed by atoms with Gasteiger partial charge in [-0.15, -0.1) is 0 Å². The Hall–Kier alpha value is -2.20. The first-order chi connectivity index (χ1) is 10.4. The summed E-state index contributed by atoms with van der Waals surface area (Å²) in [5, 5.41) is 6.27. The average Bonchev–Trinajstić information content (AvgIpc) is 2.46. The lowest BCUT2D eigenvalue weighted by Gasteiger charge is -2.15. The van der Waals surface area contributed by atoms with Gasteiger partial charge in [0.05, 0.1) is 12.8 Å². The number of methoxy groups -OCH3 is 1. The molecule has 0 saturated carbocycles. The molecule has 0 bridgehead atoms. The van der Waals surface area contributed by atoms with Gasteiger partial charge in [-0.25, -0.2) is 4.79 Å². The Balaban J connectivity index is 2.21. The Labute approximate surface area is 135 Å². The fourth-order valence-corrected chi connectivity index (χ4v) is 2.36. The van der Waals surface area contributed by atoms with Crippen LogP contribution in [-0.4, -0.2) is 13.1 Å². The van der Waals surface area contributed by atoms with Crippen molar-refractivity contribution in [1.82, 2.24) is 0 Å². The maximum absolute atomic E-state index is 12.2. The summed E-state index contributed by atoms with van der Waals surface area (Å²) < 4.78 is 5.25. The zero-order valence-electron chi connectivity index (χ0n) is 13.1. The maximum Gasteiger partial charge on any atom is 0.323 e. The summed E-state index contributed by atoms with van der Waals surface area (Å²) >= 11 is 6.06. The second-order valence-corrected chi connectivity index (χ2v) is 5.55. The fraction of sp³-hybridized carbons (Fsp3) is 0.235. The van der Waals surface area contributed by atoms with Crippen LogP contribution in [-0.2, 0) is 0 Å². The van der Waals surface area contributed by atoms with Crippen molar-refractivity contribution in [2.75, 3.05) is 17.7 Å². The van der Waals surface area contributed by atoms with E-state index < -0.39 is 0 Å². The van der Waals surface area contributed by atoms with E-state index in [0.29, 0.717) is 16.5 Å². The number of nitrogens with one attached hydrogen (secondary N) is 2. The Morgan fingerprint density at radius 1 is 1.05 bits per heavy atom. The predicted molar refractivity (Wildman–Crippen MR) is 91.3 cm³/mol. The maximum atomic E-state index is 12.2. The highest BCUT2D eigenvalue weighted by Crippen LogP contribution is 2.31. The van der Waals surface area contributed by atoms with E-state index in [-0.39, 0.29) is 6.03 Å². The summed E-state index contributed by atoms with van der Waals surface area (Å²) in [6.45, 7) is 5.78. The molecule has 0 heterocycles. The van der Waals surface area contributed by atoms with Crippen LogP contribution in [0, 0.1) is 20.8 Å². The molecular weight excluding hydrogens is 300 g/mol. The lowest BCUT2D eigenvalue weighted by Crippen LogP contribution is -2.21. The van der Waals surface area contributed by atoms with Crippen molar-refractivity contribution >= 4 is 29.0 Å². The second-order valence-electron chi connectivity index (χ2n) is 5.15. The van der Waals surface area contributed by atoms with Crippen molar-refractivity contribution in [3.63, 3.8) is 0 Å². The molecule has 116 valence electrons. The number of urea groups is 1. The summed E-state index contributed by atoms with van der Waals surface area (Å²) in [7, 11) is 1.54. The Morgan fingerprint density at radius 2 is 1.68 bits per heavy atom. The molecule has 0 aliphatic rings. The van der Waals surface area contributed by atoms with E-state index in [1.807, 2.05) is 39.0 Å². The van der Waals surface area contributed by atoms with E-state index in [0.717, 1.165) is 22.4 Å². The zero-order valence-corrected chi connectivity index (χ0v) is 13.8. The summed E-state index contributed by atoms with van der Waals surface area (Å²) in [6, 6.07) is 9.01. The number of ether oxygens (including phenoxy) is 1. The number of para-hydroxylation sites is 1. The molecule has 2 rings (SSSR count). The average molecular weight is 319 g/mol. The molecule has 0 aromatic heterocycles. The molecule has 5 heteroatoms. The van der Waals surface area contributed by atoms with Gasteiger partial charge in [-0.05, 0) is 43.5 Å². The molecule has 22 heavy (non-hydrogen) atoms. The molecule has 0 spiro atoms. The number of hydrogen-bond acceptors (Lipinski definition) is 2. The predicted octanol–water partition coefficient (Wildman–Crippen LogP) is 4.92. The summed E-state index contributed by atoms with van der Waals surface area (Å²) in [5.41, 5.74) is 4.27. The summed E-state index contributed by atoms with van der Waals surface area (Å²) in [4.78, 5) is 12.2. The van der Waals surface area contributed by atoms with Gasteiger partial charge in [0.15, 0.2) is 0 Å². The van der Waals surface area contributed by atoms with Crippen LogP contribution < -0.4 is 15.4 Å². The molecule has 0 aliphatic heterocycles. The molecule has 0 unspecified atom stereocenters. The van der Waals surface area contributed by atoms with Crippen molar-refractivity contribution in [3.8, 4) is 5.75 Å². The topological polar surface area (TPSA) is 50.4 Å². The van der Waals surface area contributed by atoms with Gasteiger partial charge in [-0.1, -0.05) is 29.8 Å². The molecule has 2 aromatic carbocycles. The van der Waals surface area contributed by atoms with Crippen LogP contribution in [0.25, 0.3) is 0 Å². The van der Waals surface area contributed by atoms with Crippen molar-refractivity contribution in [3.05, 3.63) is 52.0 Å². The van der Waals surface area contributed by atoms with Crippen LogP contribution in [0.3, 0.4) is 0 Å². The number of halogens is 1. The first kappa shape index (κ1) is 16.2. The number of amides is 2. The molecule has 0 fully saturated rings. The number of aryl methyl sites for hydroxylation is 3. The molecule has 2 aromatic rings. The number of carbonyl (C=O) groups excluding carboxylic acids is 1. The van der Waals surface area contributed by atoms with Crippen molar-refractivity contribution in [2.24, 2.45) is 0 Å². The third-order valence-corrected chi connectivity index (χ3v) is 3.86. The Bertz CT molecular complexity index is 694. The normalized spacial score (nSPS) is 10.2. The quantitative estimate of drug-likeness (QED) is 0.844. The van der Waals surface area contributed by atoms with E-state index >= 15 is 0 Å². The molecule has 0 atom stereocenters. The third kappa shape index (κ3) is 3.52. The van der Waals surface area contributed by atoms with Gasteiger partial charge in [0, 0.05) is 16.8 Å². The molecular formula is C17H19ClN2O2. The van der Waals surface area contributed by atoms with E-state index in [1.54, 1.807) is 12.1 Å². The van der Waals surface area contributed by atoms with Crippen molar-refractivity contribution in [1.29, 1.82) is 0 Å². The van der Waals surface area contributed by atoms with Crippen LogP contribution in [0.2, 0.25) is 5.02 Å². The second kappa shape index (κ2) is 6.71. The first-order valence-electron chi connectivity index (χ1n) is 6.90. The van der Waals surface area contributed by atoms with Gasteiger partial charge in [0.2, 0.25) is 0 Å². The standard InChI is InChI=1S/C17H19ClN2O2/c1-10-6-5-7-11(2)16(10)20-17(21)19-14-8-12(3)13(18)9-15(14)22-4/h5-9H,1-4H3,(H2,19,20,21). The van der Waals surface area contributed by atoms with E-state index in [2.05, 4.69) is 10.6 Å². The Kier molecular flexibility index (Phi) is 4.93. The molecule has 0 aliphatic carbocycles. The van der Waals surface area contributed by atoms with Gasteiger partial charge in [-0.3, -0.25) is 0 Å². The van der Waals surface area contributed by atoms with Crippen LogP contribution in [0.5, 0.6) is 5.75 Å². The van der Waals surface area contributed by atoms with Gasteiger partial charge in [0.25, 0.3) is 0 Å². The van der Waals surface area contributed by atoms with Crippen LogP contribution in [0.1, 0.15) is 16.7 Å². The molecule has 2 N–H and O–H groups in total. The number of benzene rings is 2. The highest BCUT2D eigenvalue weighted by molar-refractivity contribution is 6.31. The van der Waals surface area contributed by atoms with Crippen LogP contribution in [0.4, 0.5) is 16.2 Å². The van der Waals surface area contributed by atoms with E-state index in [9.17, 15) is 4.79 Å². The minimum Gasteiger partial charge on any atom is -0.495 e. The Morgan fingerprint density at radius 3 is 2.27 bits per heavy atom. The highest BCUT2D eigenvalue weighted by atomic mass is 35.5. The third-order valence-electron chi connectivity index (χ3n) is 3.45. The van der Waals surface area contributed by atoms with E-state index in [1.165, 1.54) is 7.11 Å². The fourth-order valence-electron chi connectivity index (χ4n) is 2.21. The highest BCUT2D eigenvalue weighted by Gasteiger charge is 2.12. The number of rotatable bonds is 3. The van der Waals surface area contributed by atoms with Crippen LogP contribution in [0.15, 0.2) is 30.3 Å². The molecule has 2 amide bonds. The van der Waals surface area contributed by atoms with Gasteiger partial charge < -0.3 is 15.4 Å². The molecule has 0 radical (unpaired) electrons. The van der Waals surface area contributed by atoms with Gasteiger partial charge in [-0.2, -0.15) is 0 Å². The van der Waals surface area contributed by atoms with Crippen molar-refractivity contribution < 1.29 is 9.53 Å². The monoisotopic (exact) mass is 318 g/mol. The van der Waals surface area contributed by atoms with Gasteiger partial charge in [0.1, 0.15) is 5.75 Å². The summed E-state index contributed by atoms with van der Waals surface area (Å²) in [6.07, 6.45) is 0. The SMILES string of the molecule is COc1cc(Cl)c(C)cc1NC(=O)Nc1c(C)cccc1C. The largest absolute Gasteiger partial charge is 0.495 e. The minimum atomic E-state index is -0.322. The summed E-state index contributed by atoms with van der Waals surface area (Å²) in [5.74, 6) is 0.521. The lowest BCUT2D eigenvalue weighted by atomic mass is 10.1. The van der Waals surface area contributed by atoms with Crippen LogP contribution >= 0.6 is 11.6 Å². The van der Waals surface area contributed by atoms with Crippen molar-refractivity contribution in [2.45, 2.75) is 20.8 Å².